The molecular formula is C12H18N4O. The van der Waals surface area contributed by atoms with Gasteiger partial charge in [0.15, 0.2) is 5.82 Å². The fourth-order valence-corrected chi connectivity index (χ4v) is 1.36. The van der Waals surface area contributed by atoms with E-state index in [1.807, 2.05) is 19.1 Å². The summed E-state index contributed by atoms with van der Waals surface area (Å²) in [5.74, 6) is -0.00781. The maximum Gasteiger partial charge on any atom is 0.256 e. The smallest absolute Gasteiger partial charge is 0.256 e. The molecule has 1 amide bonds. The molecule has 1 heterocycles. The molecule has 1 aromatic heterocycles. The number of nitrogens with one attached hydrogen (secondary N) is 2. The largest absolute Gasteiger partial charge is 0.382 e. The van der Waals surface area contributed by atoms with E-state index in [2.05, 4.69) is 28.5 Å². The number of rotatable bonds is 5. The number of carbonyl (C=O) groups excluding carboxylic acids is 1. The fraction of sp³-hybridized carbons (Fsp3) is 0.333. The zero-order chi connectivity index (χ0) is 12.7. The number of aromatic nitrogens is 2. The van der Waals surface area contributed by atoms with Crippen LogP contribution in [0.1, 0.15) is 30.6 Å². The summed E-state index contributed by atoms with van der Waals surface area (Å²) in [6, 6.07) is 0. The highest BCUT2D eigenvalue weighted by atomic mass is 16.1. The Balaban J connectivity index is 2.40. The van der Waals surface area contributed by atoms with E-state index in [4.69, 9.17) is 5.73 Å². The number of carbonyl (C=O) groups is 1. The third-order valence-corrected chi connectivity index (χ3v) is 2.20. The summed E-state index contributed by atoms with van der Waals surface area (Å²) in [7, 11) is 0. The molecule has 5 heteroatoms. The van der Waals surface area contributed by atoms with Crippen LogP contribution in [0.4, 0.5) is 5.82 Å². The number of aromatic amines is 1. The van der Waals surface area contributed by atoms with Crippen molar-refractivity contribution in [2.75, 3.05) is 12.3 Å². The normalized spacial score (nSPS) is 12.0. The van der Waals surface area contributed by atoms with E-state index < -0.39 is 0 Å². The average Bonchev–Trinajstić information content (AvgIpc) is 2.71. The lowest BCUT2D eigenvalue weighted by atomic mass is 10.2. The van der Waals surface area contributed by atoms with Crippen molar-refractivity contribution in [1.29, 1.82) is 0 Å². The van der Waals surface area contributed by atoms with Gasteiger partial charge in [0.1, 0.15) is 5.56 Å². The van der Waals surface area contributed by atoms with E-state index in [-0.39, 0.29) is 11.7 Å². The molecule has 0 bridgehead atoms. The molecule has 5 nitrogen and oxygen atoms in total. The second kappa shape index (κ2) is 6.52. The third kappa shape index (κ3) is 4.14. The molecule has 0 aliphatic heterocycles. The van der Waals surface area contributed by atoms with Crippen molar-refractivity contribution in [3.05, 3.63) is 35.6 Å². The second-order valence-corrected chi connectivity index (χ2v) is 3.65. The highest BCUT2D eigenvalue weighted by molar-refractivity contribution is 5.98. The van der Waals surface area contributed by atoms with Gasteiger partial charge in [0.2, 0.25) is 0 Å². The molecule has 0 aliphatic carbocycles. The summed E-state index contributed by atoms with van der Waals surface area (Å²) in [5, 5.41) is 8.96. The van der Waals surface area contributed by atoms with Crippen LogP contribution in [-0.4, -0.2) is 22.6 Å². The Bertz CT molecular complexity index is 431. The fourth-order valence-electron chi connectivity index (χ4n) is 1.36. The van der Waals surface area contributed by atoms with Crippen molar-refractivity contribution < 1.29 is 4.79 Å². The molecule has 0 spiro atoms. The molecule has 0 radical (unpaired) electrons. The van der Waals surface area contributed by atoms with Crippen LogP contribution in [-0.2, 0) is 0 Å². The van der Waals surface area contributed by atoms with Gasteiger partial charge in [0, 0.05) is 12.7 Å². The predicted molar refractivity (Wildman–Crippen MR) is 68.5 cm³/mol. The molecule has 0 aliphatic rings. The quantitative estimate of drug-likeness (QED) is 0.677. The lowest BCUT2D eigenvalue weighted by molar-refractivity contribution is 0.0959. The first-order valence-electron chi connectivity index (χ1n) is 5.56. The van der Waals surface area contributed by atoms with E-state index in [9.17, 15) is 4.79 Å². The second-order valence-electron chi connectivity index (χ2n) is 3.65. The van der Waals surface area contributed by atoms with Gasteiger partial charge in [0.05, 0.1) is 0 Å². The summed E-state index contributed by atoms with van der Waals surface area (Å²) in [4.78, 5) is 11.6. The summed E-state index contributed by atoms with van der Waals surface area (Å²) < 4.78 is 0. The average molecular weight is 234 g/mol. The van der Waals surface area contributed by atoms with Crippen molar-refractivity contribution in [2.24, 2.45) is 0 Å². The number of nitrogens with two attached hydrogens (primary N) is 1. The Labute approximate surface area is 101 Å². The molecule has 1 rings (SSSR count). The summed E-state index contributed by atoms with van der Waals surface area (Å²) in [5.41, 5.74) is 7.06. The van der Waals surface area contributed by atoms with E-state index >= 15 is 0 Å². The Morgan fingerprint density at radius 2 is 2.41 bits per heavy atom. The third-order valence-electron chi connectivity index (χ3n) is 2.20. The minimum Gasteiger partial charge on any atom is -0.382 e. The SMILES string of the molecule is CC/C=C(C)/C=C\CNC(=O)c1c[nH]nc1N. The number of anilines is 1. The lowest BCUT2D eigenvalue weighted by Gasteiger charge is -1.99. The molecule has 0 fully saturated rings. The van der Waals surface area contributed by atoms with Gasteiger partial charge >= 0.3 is 0 Å². The van der Waals surface area contributed by atoms with E-state index in [0.29, 0.717) is 12.1 Å². The summed E-state index contributed by atoms with van der Waals surface area (Å²) in [6.07, 6.45) is 8.48. The monoisotopic (exact) mass is 234 g/mol. The molecular weight excluding hydrogens is 216 g/mol. The van der Waals surface area contributed by atoms with Gasteiger partial charge in [-0.05, 0) is 13.3 Å². The van der Waals surface area contributed by atoms with Gasteiger partial charge in [-0.25, -0.2) is 0 Å². The molecule has 0 atom stereocenters. The molecule has 0 saturated carbocycles. The van der Waals surface area contributed by atoms with E-state index in [1.165, 1.54) is 11.8 Å². The first-order valence-corrected chi connectivity index (χ1v) is 5.56. The van der Waals surface area contributed by atoms with Gasteiger partial charge in [-0.3, -0.25) is 9.89 Å². The predicted octanol–water partition coefficient (Wildman–Crippen LogP) is 1.63. The van der Waals surface area contributed by atoms with Crippen molar-refractivity contribution in [1.82, 2.24) is 15.5 Å². The van der Waals surface area contributed by atoms with Crippen LogP contribution < -0.4 is 11.1 Å². The van der Waals surface area contributed by atoms with Crippen LogP contribution >= 0.6 is 0 Å². The van der Waals surface area contributed by atoms with Crippen LogP contribution in [0.3, 0.4) is 0 Å². The highest BCUT2D eigenvalue weighted by Crippen LogP contribution is 2.04. The highest BCUT2D eigenvalue weighted by Gasteiger charge is 2.09. The molecule has 92 valence electrons. The Morgan fingerprint density at radius 1 is 1.65 bits per heavy atom. The van der Waals surface area contributed by atoms with Crippen molar-refractivity contribution >= 4 is 11.7 Å². The number of hydrogen-bond acceptors (Lipinski definition) is 3. The van der Waals surface area contributed by atoms with Gasteiger partial charge in [-0.15, -0.1) is 0 Å². The number of allylic oxidation sites excluding steroid dienone is 3. The Hall–Kier alpha value is -2.04. The van der Waals surface area contributed by atoms with Crippen LogP contribution in [0, 0.1) is 0 Å². The number of nitrogens with zero attached hydrogens (tertiary/aromatic N) is 1. The number of nitrogen functional groups attached to an aromatic ring is 1. The first-order chi connectivity index (χ1) is 8.15. The zero-order valence-corrected chi connectivity index (χ0v) is 10.2. The molecule has 1 aromatic rings. The van der Waals surface area contributed by atoms with Gasteiger partial charge < -0.3 is 11.1 Å². The first kappa shape index (κ1) is 13.0. The minimum absolute atomic E-state index is 0.216. The van der Waals surface area contributed by atoms with E-state index in [0.717, 1.165) is 6.42 Å². The van der Waals surface area contributed by atoms with Crippen molar-refractivity contribution in [3.63, 3.8) is 0 Å². The zero-order valence-electron chi connectivity index (χ0n) is 10.2. The number of H-pyrrole nitrogens is 1. The molecule has 0 aromatic carbocycles. The van der Waals surface area contributed by atoms with Gasteiger partial charge in [0.25, 0.3) is 5.91 Å². The standard InChI is InChI=1S/C12H18N4O/c1-3-5-9(2)6-4-7-14-12(17)10-8-15-16-11(10)13/h4-6,8H,3,7H2,1-2H3,(H,14,17)(H3,13,15,16)/b6-4-,9-5+. The molecule has 0 saturated heterocycles. The molecule has 17 heavy (non-hydrogen) atoms. The van der Waals surface area contributed by atoms with Crippen LogP contribution in [0.15, 0.2) is 30.0 Å². The summed E-state index contributed by atoms with van der Waals surface area (Å²) >= 11 is 0. The van der Waals surface area contributed by atoms with Gasteiger partial charge in [-0.1, -0.05) is 30.7 Å². The van der Waals surface area contributed by atoms with Crippen molar-refractivity contribution in [2.45, 2.75) is 20.3 Å². The van der Waals surface area contributed by atoms with Gasteiger partial charge in [-0.2, -0.15) is 5.10 Å². The maximum atomic E-state index is 11.6. The molecule has 4 N–H and O–H groups in total. The topological polar surface area (TPSA) is 83.8 Å². The Morgan fingerprint density at radius 3 is 3.00 bits per heavy atom. The number of amides is 1. The summed E-state index contributed by atoms with van der Waals surface area (Å²) in [6.45, 7) is 4.58. The van der Waals surface area contributed by atoms with Crippen molar-refractivity contribution in [3.8, 4) is 0 Å². The van der Waals surface area contributed by atoms with E-state index in [1.54, 1.807) is 0 Å². The number of hydrogen-bond donors (Lipinski definition) is 3. The Kier molecular flexibility index (Phi) is 5.00. The lowest BCUT2D eigenvalue weighted by Crippen LogP contribution is -2.23. The maximum absolute atomic E-state index is 11.6. The van der Waals surface area contributed by atoms with Crippen LogP contribution in [0.5, 0.6) is 0 Å². The van der Waals surface area contributed by atoms with Crippen LogP contribution in [0.2, 0.25) is 0 Å². The minimum atomic E-state index is -0.224. The molecule has 0 unspecified atom stereocenters. The van der Waals surface area contributed by atoms with Crippen LogP contribution in [0.25, 0.3) is 0 Å².